The Hall–Kier alpha value is -2.50. The monoisotopic (exact) mass is 394 g/mol. The van der Waals surface area contributed by atoms with Crippen LogP contribution in [0.3, 0.4) is 0 Å². The normalized spacial score (nSPS) is 14.6. The molecule has 1 aliphatic heterocycles. The molecule has 2 aromatic carbocycles. The summed E-state index contributed by atoms with van der Waals surface area (Å²) in [5.41, 5.74) is 5.07. The van der Waals surface area contributed by atoms with Crippen LogP contribution in [-0.4, -0.2) is 42.9 Å². The van der Waals surface area contributed by atoms with Gasteiger partial charge in [0.15, 0.2) is 5.78 Å². The molecule has 1 heterocycles. The van der Waals surface area contributed by atoms with E-state index >= 15 is 0 Å². The molecule has 0 spiro atoms. The zero-order valence-electron chi connectivity index (χ0n) is 17.4. The van der Waals surface area contributed by atoms with Gasteiger partial charge in [0.1, 0.15) is 0 Å². The summed E-state index contributed by atoms with van der Waals surface area (Å²) >= 11 is 0. The van der Waals surface area contributed by atoms with Crippen LogP contribution in [0.15, 0.2) is 42.5 Å². The zero-order chi connectivity index (χ0) is 20.6. The number of ether oxygens (including phenoxy) is 1. The third-order valence-electron chi connectivity index (χ3n) is 5.36. The largest absolute Gasteiger partial charge is 0.379 e. The molecule has 0 radical (unpaired) electrons. The zero-order valence-corrected chi connectivity index (χ0v) is 17.4. The summed E-state index contributed by atoms with van der Waals surface area (Å²) in [7, 11) is 0. The van der Waals surface area contributed by atoms with Crippen molar-refractivity contribution in [2.75, 3.05) is 26.3 Å². The summed E-state index contributed by atoms with van der Waals surface area (Å²) < 4.78 is 5.41. The molecule has 3 rings (SSSR count). The third kappa shape index (κ3) is 6.24. The Balaban J connectivity index is 1.50. The molecule has 0 aliphatic carbocycles. The van der Waals surface area contributed by atoms with Gasteiger partial charge >= 0.3 is 0 Å². The lowest BCUT2D eigenvalue weighted by Gasteiger charge is -2.27. The number of carbonyl (C=O) groups excluding carboxylic acids is 2. The van der Waals surface area contributed by atoms with Crippen molar-refractivity contribution in [2.45, 2.75) is 39.8 Å². The van der Waals surface area contributed by atoms with E-state index in [1.54, 1.807) is 0 Å². The van der Waals surface area contributed by atoms with Crippen LogP contribution in [0.4, 0.5) is 0 Å². The summed E-state index contributed by atoms with van der Waals surface area (Å²) in [6.45, 7) is 8.65. The summed E-state index contributed by atoms with van der Waals surface area (Å²) in [4.78, 5) is 27.2. The number of Topliss-reactive ketones (excluding diaryl/α,β-unsaturated/α-hetero) is 1. The Kier molecular flexibility index (Phi) is 7.55. The van der Waals surface area contributed by atoms with Crippen molar-refractivity contribution >= 4 is 11.7 Å². The molecule has 0 bridgehead atoms. The predicted molar refractivity (Wildman–Crippen MR) is 114 cm³/mol. The van der Waals surface area contributed by atoms with E-state index < -0.39 is 0 Å². The van der Waals surface area contributed by atoms with Gasteiger partial charge in [-0.3, -0.25) is 14.5 Å². The smallest absolute Gasteiger partial charge is 0.220 e. The molecule has 29 heavy (non-hydrogen) atoms. The minimum atomic E-state index is -0.0927. The number of nitrogens with one attached hydrogen (secondary N) is 1. The Labute approximate surface area is 173 Å². The van der Waals surface area contributed by atoms with Gasteiger partial charge in [-0.25, -0.2) is 0 Å². The van der Waals surface area contributed by atoms with Crippen molar-refractivity contribution in [1.29, 1.82) is 0 Å². The van der Waals surface area contributed by atoms with Gasteiger partial charge in [0.05, 0.1) is 13.2 Å². The van der Waals surface area contributed by atoms with Crippen LogP contribution < -0.4 is 5.32 Å². The van der Waals surface area contributed by atoms with Crippen LogP contribution in [0.1, 0.15) is 45.5 Å². The highest BCUT2D eigenvalue weighted by atomic mass is 16.5. The van der Waals surface area contributed by atoms with Crippen LogP contribution in [0.5, 0.6) is 0 Å². The summed E-state index contributed by atoms with van der Waals surface area (Å²) in [6, 6.07) is 14.0. The van der Waals surface area contributed by atoms with Crippen LogP contribution >= 0.6 is 0 Å². The van der Waals surface area contributed by atoms with Gasteiger partial charge in [0.2, 0.25) is 5.91 Å². The van der Waals surface area contributed by atoms with Gasteiger partial charge in [-0.15, -0.1) is 0 Å². The van der Waals surface area contributed by atoms with E-state index in [1.807, 2.05) is 44.2 Å². The molecular weight excluding hydrogens is 364 g/mol. The number of rotatable bonds is 8. The summed E-state index contributed by atoms with van der Waals surface area (Å²) in [5.74, 6) is -0.0705. The van der Waals surface area contributed by atoms with Crippen molar-refractivity contribution in [2.24, 2.45) is 0 Å². The number of benzene rings is 2. The highest BCUT2D eigenvalue weighted by Gasteiger charge is 2.14. The van der Waals surface area contributed by atoms with Crippen LogP contribution in [0.2, 0.25) is 0 Å². The SMILES string of the molecule is Cc1ccc(C)c(C(=O)CCC(=O)NCc2ccccc2CN2CCOCC2)c1. The molecule has 1 fully saturated rings. The van der Waals surface area contributed by atoms with Crippen LogP contribution in [0, 0.1) is 13.8 Å². The number of carbonyl (C=O) groups is 2. The lowest BCUT2D eigenvalue weighted by molar-refractivity contribution is -0.121. The van der Waals surface area contributed by atoms with Crippen molar-refractivity contribution in [3.05, 3.63) is 70.3 Å². The van der Waals surface area contributed by atoms with Crippen molar-refractivity contribution in [1.82, 2.24) is 10.2 Å². The second-order valence-corrected chi connectivity index (χ2v) is 7.68. The van der Waals surface area contributed by atoms with Crippen LogP contribution in [0.25, 0.3) is 0 Å². The Bertz CT molecular complexity index is 857. The molecule has 5 nitrogen and oxygen atoms in total. The molecule has 0 aromatic heterocycles. The van der Waals surface area contributed by atoms with E-state index in [1.165, 1.54) is 5.56 Å². The van der Waals surface area contributed by atoms with Gasteiger partial charge in [0, 0.05) is 44.6 Å². The van der Waals surface area contributed by atoms with Gasteiger partial charge < -0.3 is 10.1 Å². The second-order valence-electron chi connectivity index (χ2n) is 7.68. The first kappa shape index (κ1) is 21.2. The molecule has 0 atom stereocenters. The molecule has 1 amide bonds. The van der Waals surface area contributed by atoms with E-state index in [-0.39, 0.29) is 24.5 Å². The second kappa shape index (κ2) is 10.3. The highest BCUT2D eigenvalue weighted by Crippen LogP contribution is 2.15. The standard InChI is InChI=1S/C24H30N2O3/c1-18-7-8-19(2)22(15-18)23(27)9-10-24(28)25-16-20-5-3-4-6-21(20)17-26-11-13-29-14-12-26/h3-8,15H,9-14,16-17H2,1-2H3,(H,25,28). The van der Waals surface area contributed by atoms with E-state index in [0.29, 0.717) is 12.1 Å². The minimum absolute atomic E-state index is 0.0223. The number of hydrogen-bond acceptors (Lipinski definition) is 4. The number of aryl methyl sites for hydroxylation is 2. The molecule has 0 unspecified atom stereocenters. The van der Waals surface area contributed by atoms with Gasteiger partial charge in [-0.1, -0.05) is 42.0 Å². The van der Waals surface area contributed by atoms with Gasteiger partial charge in [-0.2, -0.15) is 0 Å². The molecule has 154 valence electrons. The molecule has 0 saturated carbocycles. The number of nitrogens with zero attached hydrogens (tertiary/aromatic N) is 1. The lowest BCUT2D eigenvalue weighted by atomic mass is 9.99. The quantitative estimate of drug-likeness (QED) is 0.697. The third-order valence-corrected chi connectivity index (χ3v) is 5.36. The van der Waals surface area contributed by atoms with Crippen molar-refractivity contribution < 1.29 is 14.3 Å². The number of ketones is 1. The maximum atomic E-state index is 12.5. The fourth-order valence-corrected chi connectivity index (χ4v) is 3.56. The van der Waals surface area contributed by atoms with E-state index in [9.17, 15) is 9.59 Å². The van der Waals surface area contributed by atoms with Gasteiger partial charge in [-0.05, 0) is 36.6 Å². The number of amides is 1. The Morgan fingerprint density at radius 3 is 2.48 bits per heavy atom. The van der Waals surface area contributed by atoms with E-state index in [4.69, 9.17) is 4.74 Å². The molecule has 2 aromatic rings. The topological polar surface area (TPSA) is 58.6 Å². The maximum Gasteiger partial charge on any atom is 0.220 e. The van der Waals surface area contributed by atoms with Crippen molar-refractivity contribution in [3.63, 3.8) is 0 Å². The molecule has 1 N–H and O–H groups in total. The number of hydrogen-bond donors (Lipinski definition) is 1. The highest BCUT2D eigenvalue weighted by molar-refractivity contribution is 5.99. The molecule has 5 heteroatoms. The molecular formula is C24H30N2O3. The number of morpholine rings is 1. The average molecular weight is 395 g/mol. The molecule has 1 saturated heterocycles. The Morgan fingerprint density at radius 1 is 1.00 bits per heavy atom. The first-order chi connectivity index (χ1) is 14.0. The Morgan fingerprint density at radius 2 is 1.72 bits per heavy atom. The van der Waals surface area contributed by atoms with Crippen LogP contribution in [-0.2, 0) is 22.6 Å². The molecule has 1 aliphatic rings. The fraction of sp³-hybridized carbons (Fsp3) is 0.417. The first-order valence-corrected chi connectivity index (χ1v) is 10.3. The van der Waals surface area contributed by atoms with Crippen molar-refractivity contribution in [3.8, 4) is 0 Å². The van der Waals surface area contributed by atoms with E-state index in [0.717, 1.165) is 49.5 Å². The first-order valence-electron chi connectivity index (χ1n) is 10.3. The lowest BCUT2D eigenvalue weighted by Crippen LogP contribution is -2.36. The fourth-order valence-electron chi connectivity index (χ4n) is 3.56. The maximum absolute atomic E-state index is 12.5. The average Bonchev–Trinajstić information content (AvgIpc) is 2.74. The summed E-state index contributed by atoms with van der Waals surface area (Å²) in [5, 5.41) is 2.98. The minimum Gasteiger partial charge on any atom is -0.379 e. The van der Waals surface area contributed by atoms with E-state index in [2.05, 4.69) is 22.3 Å². The predicted octanol–water partition coefficient (Wildman–Crippen LogP) is 3.41. The van der Waals surface area contributed by atoms with Gasteiger partial charge in [0.25, 0.3) is 0 Å². The summed E-state index contributed by atoms with van der Waals surface area (Å²) in [6.07, 6.45) is 0.434.